The van der Waals surface area contributed by atoms with Gasteiger partial charge in [0.1, 0.15) is 11.3 Å². The molecule has 5 rings (SSSR count). The van der Waals surface area contributed by atoms with E-state index >= 15 is 0 Å². The fourth-order valence-electron chi connectivity index (χ4n) is 5.67. The van der Waals surface area contributed by atoms with Gasteiger partial charge in [0.2, 0.25) is 0 Å². The molecule has 0 N–H and O–H groups in total. The van der Waals surface area contributed by atoms with Crippen LogP contribution in [0.1, 0.15) is 50.2 Å². The monoisotopic (exact) mass is 679 g/mol. The van der Waals surface area contributed by atoms with Crippen LogP contribution in [0.5, 0.6) is 0 Å². The van der Waals surface area contributed by atoms with E-state index in [9.17, 15) is 22.8 Å². The summed E-state index contributed by atoms with van der Waals surface area (Å²) in [6.07, 6.45) is -0.123. The van der Waals surface area contributed by atoms with Gasteiger partial charge < -0.3 is 9.64 Å². The quantitative estimate of drug-likeness (QED) is 0.250. The predicted molar refractivity (Wildman–Crippen MR) is 184 cm³/mol. The van der Waals surface area contributed by atoms with E-state index < -0.39 is 33.2 Å². The molecular formula is C34H38ClN5O6S. The van der Waals surface area contributed by atoms with Crippen molar-refractivity contribution in [3.05, 3.63) is 99.4 Å². The first-order valence-electron chi connectivity index (χ1n) is 15.1. The number of carbonyl (C=O) groups excluding carboxylic acids is 2. The molecule has 0 saturated carbocycles. The zero-order valence-corrected chi connectivity index (χ0v) is 29.0. The number of hydrogen-bond donors (Lipinski definition) is 0. The summed E-state index contributed by atoms with van der Waals surface area (Å²) in [5.41, 5.74) is 0.629. The molecule has 4 aromatic rings. The Morgan fingerprint density at radius 3 is 2.23 bits per heavy atom. The number of hydrogen-bond acceptors (Lipinski definition) is 6. The van der Waals surface area contributed by atoms with E-state index in [0.29, 0.717) is 29.2 Å². The molecule has 1 aromatic heterocycles. The van der Waals surface area contributed by atoms with Gasteiger partial charge in [0.15, 0.2) is 0 Å². The number of fused-ring (bicyclic) bond motifs is 1. The first-order valence-corrected chi connectivity index (χ1v) is 16.9. The Kier molecular flexibility index (Phi) is 9.04. The van der Waals surface area contributed by atoms with Crippen molar-refractivity contribution >= 4 is 50.7 Å². The number of carbonyl (C=O) groups is 2. The molecule has 0 radical (unpaired) electrons. The van der Waals surface area contributed by atoms with Crippen molar-refractivity contribution in [3.8, 4) is 5.69 Å². The Morgan fingerprint density at radius 1 is 0.979 bits per heavy atom. The van der Waals surface area contributed by atoms with Crippen LogP contribution in [0.4, 0.5) is 21.9 Å². The second-order valence-electron chi connectivity index (χ2n) is 12.5. The first-order chi connectivity index (χ1) is 22.0. The highest BCUT2D eigenvalue weighted by Crippen LogP contribution is 2.37. The van der Waals surface area contributed by atoms with Crippen LogP contribution in [-0.4, -0.2) is 55.0 Å². The normalized spacial score (nSPS) is 15.2. The Balaban J connectivity index is 1.53. The van der Waals surface area contributed by atoms with Gasteiger partial charge in [-0.25, -0.2) is 17.9 Å². The standard InChI is InChI=1S/C34H38ClN5O6S/c1-22-19-20-38(28-15-11-12-16-29(28)39(22)33(43)46-34(3,4)5)31(41)26-21-25(17-18-27(26)35)47(44,45)37(7)30-23(2)36(6)40(32(30)42)24-13-9-8-10-14-24/h8-18,21-22H,19-20H2,1-7H3. The third-order valence-electron chi connectivity index (χ3n) is 8.14. The van der Waals surface area contributed by atoms with Gasteiger partial charge in [-0.1, -0.05) is 41.9 Å². The van der Waals surface area contributed by atoms with E-state index in [2.05, 4.69) is 0 Å². The van der Waals surface area contributed by atoms with E-state index in [-0.39, 0.29) is 33.8 Å². The molecule has 11 nitrogen and oxygen atoms in total. The number of anilines is 3. The van der Waals surface area contributed by atoms with E-state index in [1.807, 2.05) is 13.0 Å². The highest BCUT2D eigenvalue weighted by atomic mass is 35.5. The summed E-state index contributed by atoms with van der Waals surface area (Å²) in [6, 6.07) is 19.5. The largest absolute Gasteiger partial charge is 0.443 e. The zero-order valence-electron chi connectivity index (χ0n) is 27.4. The van der Waals surface area contributed by atoms with Gasteiger partial charge in [-0.15, -0.1) is 0 Å². The van der Waals surface area contributed by atoms with Crippen LogP contribution < -0.4 is 19.7 Å². The number of halogens is 1. The van der Waals surface area contributed by atoms with Gasteiger partial charge in [-0.2, -0.15) is 0 Å². The molecular weight excluding hydrogens is 642 g/mol. The van der Waals surface area contributed by atoms with Crippen molar-refractivity contribution < 1.29 is 22.7 Å². The summed E-state index contributed by atoms with van der Waals surface area (Å²) in [6.45, 7) is 9.12. The Bertz CT molecular complexity index is 2020. The summed E-state index contributed by atoms with van der Waals surface area (Å²) >= 11 is 6.55. The third kappa shape index (κ3) is 6.27. The topological polar surface area (TPSA) is 114 Å². The van der Waals surface area contributed by atoms with E-state index in [4.69, 9.17) is 16.3 Å². The van der Waals surface area contributed by atoms with Crippen molar-refractivity contribution in [1.29, 1.82) is 0 Å². The zero-order chi connectivity index (χ0) is 34.4. The molecule has 1 aliphatic rings. The summed E-state index contributed by atoms with van der Waals surface area (Å²) in [4.78, 5) is 44.0. The van der Waals surface area contributed by atoms with E-state index in [1.54, 1.807) is 88.0 Å². The lowest BCUT2D eigenvalue weighted by Crippen LogP contribution is -2.42. The molecule has 1 unspecified atom stereocenters. The maximum Gasteiger partial charge on any atom is 0.415 e. The Labute approximate surface area is 279 Å². The number of amides is 2. The van der Waals surface area contributed by atoms with E-state index in [1.165, 1.54) is 39.7 Å². The highest BCUT2D eigenvalue weighted by molar-refractivity contribution is 7.92. The molecule has 0 fully saturated rings. The number of para-hydroxylation sites is 3. The average Bonchev–Trinajstić information content (AvgIpc) is 3.13. The minimum absolute atomic E-state index is 0.0307. The van der Waals surface area contributed by atoms with Gasteiger partial charge in [0, 0.05) is 26.7 Å². The van der Waals surface area contributed by atoms with Crippen LogP contribution in [0.15, 0.2) is 82.5 Å². The maximum atomic E-state index is 14.2. The predicted octanol–water partition coefficient (Wildman–Crippen LogP) is 6.14. The number of nitrogens with zero attached hydrogens (tertiary/aromatic N) is 5. The summed E-state index contributed by atoms with van der Waals surface area (Å²) in [5.74, 6) is -0.539. The van der Waals surface area contributed by atoms with Crippen molar-refractivity contribution in [2.24, 2.45) is 7.05 Å². The molecule has 1 atom stereocenters. The molecule has 1 aliphatic heterocycles. The van der Waals surface area contributed by atoms with Crippen LogP contribution in [-0.2, 0) is 21.8 Å². The summed E-state index contributed by atoms with van der Waals surface area (Å²) in [7, 11) is -1.35. The number of rotatable bonds is 5. The second kappa shape index (κ2) is 12.6. The lowest BCUT2D eigenvalue weighted by molar-refractivity contribution is 0.0567. The van der Waals surface area contributed by atoms with Gasteiger partial charge in [0.25, 0.3) is 21.5 Å². The lowest BCUT2D eigenvalue weighted by Gasteiger charge is -2.31. The molecule has 2 amide bonds. The van der Waals surface area contributed by atoms with E-state index in [0.717, 1.165) is 4.31 Å². The molecule has 0 saturated heterocycles. The Hall–Kier alpha value is -4.55. The molecule has 47 heavy (non-hydrogen) atoms. The third-order valence-corrected chi connectivity index (χ3v) is 10.2. The van der Waals surface area contributed by atoms with Gasteiger partial charge >= 0.3 is 6.09 Å². The fourth-order valence-corrected chi connectivity index (χ4v) is 7.14. The maximum absolute atomic E-state index is 14.2. The molecule has 3 aromatic carbocycles. The molecule has 0 bridgehead atoms. The summed E-state index contributed by atoms with van der Waals surface area (Å²) < 4.78 is 37.7. The highest BCUT2D eigenvalue weighted by Gasteiger charge is 2.36. The van der Waals surface area contributed by atoms with Crippen molar-refractivity contribution in [3.63, 3.8) is 0 Å². The molecule has 248 valence electrons. The first kappa shape index (κ1) is 33.8. The van der Waals surface area contributed by atoms with Gasteiger partial charge in [-0.3, -0.25) is 23.5 Å². The van der Waals surface area contributed by atoms with Crippen LogP contribution >= 0.6 is 11.6 Å². The van der Waals surface area contributed by atoms with Gasteiger partial charge in [0.05, 0.1) is 38.2 Å². The van der Waals surface area contributed by atoms with Crippen LogP contribution in [0.25, 0.3) is 5.69 Å². The number of aromatic nitrogens is 2. The second-order valence-corrected chi connectivity index (χ2v) is 14.8. The molecule has 0 aliphatic carbocycles. The average molecular weight is 680 g/mol. The SMILES string of the molecule is Cc1c(N(C)S(=O)(=O)c2ccc(Cl)c(C(=O)N3CCC(C)N(C(=O)OC(C)(C)C)c4ccccc43)c2)c(=O)n(-c2ccccc2)n1C. The molecule has 2 heterocycles. The minimum Gasteiger partial charge on any atom is -0.443 e. The Morgan fingerprint density at radius 2 is 1.60 bits per heavy atom. The van der Waals surface area contributed by atoms with Crippen LogP contribution in [0.3, 0.4) is 0 Å². The van der Waals surface area contributed by atoms with Crippen LogP contribution in [0.2, 0.25) is 5.02 Å². The number of ether oxygens (including phenoxy) is 1. The number of benzene rings is 3. The molecule has 13 heteroatoms. The van der Waals surface area contributed by atoms with Gasteiger partial charge in [-0.05, 0) is 83.5 Å². The van der Waals surface area contributed by atoms with Crippen molar-refractivity contribution in [1.82, 2.24) is 9.36 Å². The minimum atomic E-state index is -4.33. The smallest absolute Gasteiger partial charge is 0.415 e. The van der Waals surface area contributed by atoms with Crippen molar-refractivity contribution in [2.45, 2.75) is 57.6 Å². The molecule has 0 spiro atoms. The van der Waals surface area contributed by atoms with Crippen molar-refractivity contribution in [2.75, 3.05) is 27.7 Å². The number of sulfonamides is 1. The lowest BCUT2D eigenvalue weighted by atomic mass is 10.1. The fraction of sp³-hybridized carbons (Fsp3) is 0.324. The van der Waals surface area contributed by atoms with Crippen LogP contribution in [0, 0.1) is 6.92 Å². The summed E-state index contributed by atoms with van der Waals surface area (Å²) in [5, 5.41) is 0.0534.